The number of aryl methyl sites for hydroxylation is 1. The number of halogens is 2. The molecule has 27 heavy (non-hydrogen) atoms. The second-order valence-electron chi connectivity index (χ2n) is 6.22. The monoisotopic (exact) mass is 376 g/mol. The van der Waals surface area contributed by atoms with Crippen molar-refractivity contribution < 1.29 is 28.2 Å². The molecule has 3 rings (SSSR count). The van der Waals surface area contributed by atoms with E-state index in [4.69, 9.17) is 4.74 Å². The first-order chi connectivity index (χ1) is 13.0. The van der Waals surface area contributed by atoms with Crippen molar-refractivity contribution >= 4 is 11.9 Å². The topological polar surface area (TPSA) is 88.5 Å². The molecule has 0 saturated carbocycles. The molecule has 0 radical (unpaired) electrons. The molecule has 1 aliphatic carbocycles. The number of hydrogen-bond donors (Lipinski definition) is 2. The van der Waals surface area contributed by atoms with Crippen molar-refractivity contribution in [3.8, 4) is 5.88 Å². The molecule has 1 aliphatic rings. The van der Waals surface area contributed by atoms with Gasteiger partial charge < -0.3 is 15.2 Å². The third kappa shape index (κ3) is 4.39. The van der Waals surface area contributed by atoms with E-state index in [1.54, 1.807) is 0 Å². The summed E-state index contributed by atoms with van der Waals surface area (Å²) in [6, 6.07) is 9.15. The number of nitrogens with one attached hydrogen (secondary N) is 1. The predicted molar refractivity (Wildman–Crippen MR) is 92.1 cm³/mol. The summed E-state index contributed by atoms with van der Waals surface area (Å²) < 4.78 is 29.0. The van der Waals surface area contributed by atoms with E-state index in [1.165, 1.54) is 12.1 Å². The first-order valence-corrected chi connectivity index (χ1v) is 8.44. The van der Waals surface area contributed by atoms with Gasteiger partial charge in [0.25, 0.3) is 12.3 Å². The van der Waals surface area contributed by atoms with Crippen LogP contribution in [0.1, 0.15) is 33.8 Å². The molecule has 1 heterocycles. The van der Waals surface area contributed by atoms with Crippen LogP contribution in [0.3, 0.4) is 0 Å². The van der Waals surface area contributed by atoms with Crippen molar-refractivity contribution in [2.24, 2.45) is 0 Å². The Balaban J connectivity index is 1.70. The Kier molecular flexibility index (Phi) is 5.63. The number of rotatable bonds is 7. The van der Waals surface area contributed by atoms with Gasteiger partial charge in [0, 0.05) is 18.2 Å². The molecule has 0 fully saturated rings. The van der Waals surface area contributed by atoms with E-state index in [0.29, 0.717) is 6.42 Å². The molecule has 2 unspecified atom stereocenters. The third-order valence-corrected chi connectivity index (χ3v) is 4.49. The molecule has 1 aromatic carbocycles. The fourth-order valence-electron chi connectivity index (χ4n) is 3.24. The van der Waals surface area contributed by atoms with Crippen molar-refractivity contribution in [2.45, 2.75) is 31.2 Å². The summed E-state index contributed by atoms with van der Waals surface area (Å²) in [6.07, 6.45) is -0.0640. The summed E-state index contributed by atoms with van der Waals surface area (Å²) in [5.74, 6) is -2.06. The van der Waals surface area contributed by atoms with Gasteiger partial charge in [0.1, 0.15) is 6.04 Å². The van der Waals surface area contributed by atoms with Gasteiger partial charge in [-0.3, -0.25) is 4.79 Å². The molecule has 0 aliphatic heterocycles. The highest BCUT2D eigenvalue weighted by molar-refractivity contribution is 5.96. The average Bonchev–Trinajstić information content (AvgIpc) is 3.08. The molecule has 142 valence electrons. The van der Waals surface area contributed by atoms with Crippen LogP contribution < -0.4 is 10.1 Å². The maximum absolute atomic E-state index is 12.4. The highest BCUT2D eigenvalue weighted by Crippen LogP contribution is 2.35. The van der Waals surface area contributed by atoms with Crippen LogP contribution >= 0.6 is 0 Å². The Hall–Kier alpha value is -3.03. The van der Waals surface area contributed by atoms with Crippen LogP contribution in [0.25, 0.3) is 0 Å². The molecule has 0 spiro atoms. The Morgan fingerprint density at radius 1 is 1.26 bits per heavy atom. The van der Waals surface area contributed by atoms with E-state index < -0.39 is 31.0 Å². The van der Waals surface area contributed by atoms with Gasteiger partial charge in [0.15, 0.2) is 6.61 Å². The molecule has 2 N–H and O–H groups in total. The SMILES string of the molecule is O=C(NC(C(=O)O)C1CCc2ccccc21)c1ccc(OCC(F)F)nc1. The fraction of sp³-hybridized carbons (Fsp3) is 0.316. The lowest BCUT2D eigenvalue weighted by Crippen LogP contribution is -2.44. The van der Waals surface area contributed by atoms with Gasteiger partial charge in [-0.05, 0) is 30.0 Å². The lowest BCUT2D eigenvalue weighted by atomic mass is 9.93. The van der Waals surface area contributed by atoms with Crippen molar-refractivity contribution in [3.63, 3.8) is 0 Å². The number of pyridine rings is 1. The first-order valence-electron chi connectivity index (χ1n) is 8.44. The van der Waals surface area contributed by atoms with Crippen molar-refractivity contribution in [3.05, 3.63) is 59.3 Å². The highest BCUT2D eigenvalue weighted by atomic mass is 19.3. The van der Waals surface area contributed by atoms with E-state index in [1.807, 2.05) is 24.3 Å². The van der Waals surface area contributed by atoms with Gasteiger partial charge in [-0.25, -0.2) is 18.6 Å². The Morgan fingerprint density at radius 2 is 2.04 bits per heavy atom. The first kappa shape index (κ1) is 18.8. The van der Waals surface area contributed by atoms with E-state index in [0.717, 1.165) is 23.7 Å². The van der Waals surface area contributed by atoms with Crippen LogP contribution in [-0.4, -0.2) is 41.0 Å². The van der Waals surface area contributed by atoms with E-state index >= 15 is 0 Å². The summed E-state index contributed by atoms with van der Waals surface area (Å²) >= 11 is 0. The number of nitrogens with zero attached hydrogens (tertiary/aromatic N) is 1. The lowest BCUT2D eigenvalue weighted by molar-refractivity contribution is -0.139. The number of carbonyl (C=O) groups excluding carboxylic acids is 1. The second kappa shape index (κ2) is 8.11. The van der Waals surface area contributed by atoms with Crippen LogP contribution in [0.5, 0.6) is 5.88 Å². The maximum atomic E-state index is 12.4. The molecule has 2 aromatic rings. The number of carboxylic acid groups (broad SMARTS) is 1. The minimum absolute atomic E-state index is 0.0358. The van der Waals surface area contributed by atoms with Crippen LogP contribution in [0.2, 0.25) is 0 Å². The number of aromatic nitrogens is 1. The Bertz CT molecular complexity index is 827. The Morgan fingerprint density at radius 3 is 2.70 bits per heavy atom. The molecule has 6 nitrogen and oxygen atoms in total. The third-order valence-electron chi connectivity index (χ3n) is 4.49. The zero-order valence-electron chi connectivity index (χ0n) is 14.3. The molecule has 8 heteroatoms. The summed E-state index contributed by atoms with van der Waals surface area (Å²) in [4.78, 5) is 28.0. The molecular formula is C19H18F2N2O4. The second-order valence-corrected chi connectivity index (χ2v) is 6.22. The summed E-state index contributed by atoms with van der Waals surface area (Å²) in [5.41, 5.74) is 2.14. The maximum Gasteiger partial charge on any atom is 0.326 e. The molecule has 1 aromatic heterocycles. The minimum atomic E-state index is -2.62. The molecule has 0 saturated heterocycles. The minimum Gasteiger partial charge on any atom is -0.480 e. The van der Waals surface area contributed by atoms with Gasteiger partial charge >= 0.3 is 5.97 Å². The number of carbonyl (C=O) groups is 2. The number of carboxylic acids is 1. The quantitative estimate of drug-likeness (QED) is 0.776. The molecule has 2 atom stereocenters. The van der Waals surface area contributed by atoms with Crippen molar-refractivity contribution in [1.29, 1.82) is 0 Å². The van der Waals surface area contributed by atoms with Crippen LogP contribution in [0, 0.1) is 0 Å². The van der Waals surface area contributed by atoms with Crippen molar-refractivity contribution in [2.75, 3.05) is 6.61 Å². The van der Waals surface area contributed by atoms with E-state index in [2.05, 4.69) is 10.3 Å². The summed E-state index contributed by atoms with van der Waals surface area (Å²) in [6.45, 7) is -0.791. The van der Waals surface area contributed by atoms with Crippen LogP contribution in [0.4, 0.5) is 8.78 Å². The predicted octanol–water partition coefficient (Wildman–Crippen LogP) is 2.64. The van der Waals surface area contributed by atoms with Gasteiger partial charge in [0.2, 0.25) is 5.88 Å². The number of aliphatic carboxylic acids is 1. The largest absolute Gasteiger partial charge is 0.480 e. The van der Waals surface area contributed by atoms with Crippen LogP contribution in [-0.2, 0) is 11.2 Å². The highest BCUT2D eigenvalue weighted by Gasteiger charge is 2.35. The molecule has 1 amide bonds. The van der Waals surface area contributed by atoms with Gasteiger partial charge in [-0.2, -0.15) is 0 Å². The van der Waals surface area contributed by atoms with E-state index in [9.17, 15) is 23.5 Å². The smallest absolute Gasteiger partial charge is 0.326 e. The van der Waals surface area contributed by atoms with Gasteiger partial charge in [0.05, 0.1) is 5.56 Å². The zero-order valence-corrected chi connectivity index (χ0v) is 14.3. The number of alkyl halides is 2. The fourth-order valence-corrected chi connectivity index (χ4v) is 3.24. The van der Waals surface area contributed by atoms with Gasteiger partial charge in [-0.1, -0.05) is 24.3 Å². The number of amides is 1. The van der Waals surface area contributed by atoms with Crippen molar-refractivity contribution in [1.82, 2.24) is 10.3 Å². The Labute approximate surface area is 154 Å². The molecular weight excluding hydrogens is 358 g/mol. The number of fused-ring (bicyclic) bond motifs is 1. The lowest BCUT2D eigenvalue weighted by Gasteiger charge is -2.22. The molecule has 0 bridgehead atoms. The van der Waals surface area contributed by atoms with Crippen LogP contribution in [0.15, 0.2) is 42.6 Å². The number of ether oxygens (including phenoxy) is 1. The summed E-state index contributed by atoms with van der Waals surface area (Å²) in [7, 11) is 0. The zero-order chi connectivity index (χ0) is 19.4. The average molecular weight is 376 g/mol. The number of benzene rings is 1. The standard InChI is InChI=1S/C19H18F2N2O4/c20-15(21)10-27-16-8-6-12(9-22-16)18(24)23-17(19(25)26)14-7-5-11-3-1-2-4-13(11)14/h1-4,6,8-9,14-15,17H,5,7,10H2,(H,23,24)(H,25,26). The van der Waals surface area contributed by atoms with Gasteiger partial charge in [-0.15, -0.1) is 0 Å². The number of hydrogen-bond acceptors (Lipinski definition) is 4. The van der Waals surface area contributed by atoms with E-state index in [-0.39, 0.29) is 17.4 Å². The summed E-state index contributed by atoms with van der Waals surface area (Å²) in [5, 5.41) is 12.1. The normalized spacial score (nSPS) is 16.6.